The van der Waals surface area contributed by atoms with Crippen molar-refractivity contribution in [2.45, 2.75) is 39.3 Å². The number of amides is 4. The van der Waals surface area contributed by atoms with Crippen LogP contribution in [-0.4, -0.2) is 90.1 Å². The summed E-state index contributed by atoms with van der Waals surface area (Å²) in [5.41, 5.74) is 1.51. The minimum absolute atomic E-state index is 0.121. The molecule has 3 N–H and O–H groups in total. The van der Waals surface area contributed by atoms with Gasteiger partial charge in [-0.3, -0.25) is 24.8 Å². The molecule has 0 saturated carbocycles. The van der Waals surface area contributed by atoms with E-state index in [1.807, 2.05) is 6.07 Å². The van der Waals surface area contributed by atoms with E-state index in [-0.39, 0.29) is 30.6 Å². The topological polar surface area (TPSA) is 142 Å². The third-order valence-electron chi connectivity index (χ3n) is 7.03. The maximum Gasteiger partial charge on any atom is 0.412 e. The minimum Gasteiger partial charge on any atom is -0.444 e. The molecule has 2 heterocycles. The Morgan fingerprint density at radius 1 is 0.913 bits per heavy atom. The third-order valence-corrected chi connectivity index (χ3v) is 7.03. The summed E-state index contributed by atoms with van der Waals surface area (Å²) < 4.78 is 10.7. The minimum atomic E-state index is -0.674. The van der Waals surface area contributed by atoms with Gasteiger partial charge >= 0.3 is 12.1 Å². The van der Waals surface area contributed by atoms with Gasteiger partial charge < -0.3 is 25.0 Å². The van der Waals surface area contributed by atoms with Crippen LogP contribution in [0.1, 0.15) is 53.6 Å². The predicted molar refractivity (Wildman–Crippen MR) is 175 cm³/mol. The molecule has 1 fully saturated rings. The van der Waals surface area contributed by atoms with Crippen molar-refractivity contribution in [3.05, 3.63) is 89.7 Å². The lowest BCUT2D eigenvalue weighted by atomic mass is 10.1. The molecule has 1 aliphatic heterocycles. The SMILES string of the molecule is CC(C)(C)OC(=O)Nc1ccccc1NC(=O)c1ccc(CN(CCCN2CCOCC2)C(=O)NCC(=O)c2ccccc2)cn1. The average Bonchev–Trinajstić information content (AvgIpc) is 3.04. The van der Waals surface area contributed by atoms with E-state index < -0.39 is 17.6 Å². The number of ether oxygens (including phenoxy) is 2. The maximum atomic E-state index is 13.2. The summed E-state index contributed by atoms with van der Waals surface area (Å²) in [5.74, 6) is -0.647. The molecule has 12 heteroatoms. The van der Waals surface area contributed by atoms with Crippen molar-refractivity contribution < 1.29 is 28.7 Å². The zero-order chi connectivity index (χ0) is 32.9. The Hall–Kier alpha value is -4.81. The fraction of sp³-hybridized carbons (Fsp3) is 0.382. The number of pyridine rings is 1. The zero-order valence-electron chi connectivity index (χ0n) is 26.6. The van der Waals surface area contributed by atoms with E-state index in [1.54, 1.807) is 92.5 Å². The zero-order valence-corrected chi connectivity index (χ0v) is 26.6. The molecule has 0 aliphatic carbocycles. The summed E-state index contributed by atoms with van der Waals surface area (Å²) in [6.07, 6.45) is 1.65. The first-order valence-electron chi connectivity index (χ1n) is 15.3. The first-order chi connectivity index (χ1) is 22.1. The highest BCUT2D eigenvalue weighted by Crippen LogP contribution is 2.23. The van der Waals surface area contributed by atoms with Crippen LogP contribution in [-0.2, 0) is 16.0 Å². The van der Waals surface area contributed by atoms with Crippen molar-refractivity contribution in [3.8, 4) is 0 Å². The van der Waals surface area contributed by atoms with Gasteiger partial charge in [-0.1, -0.05) is 48.5 Å². The number of morpholine rings is 1. The second kappa shape index (κ2) is 16.5. The van der Waals surface area contributed by atoms with Gasteiger partial charge in [0, 0.05) is 44.5 Å². The highest BCUT2D eigenvalue weighted by molar-refractivity contribution is 6.05. The maximum absolute atomic E-state index is 13.2. The van der Waals surface area contributed by atoms with Crippen molar-refractivity contribution in [2.24, 2.45) is 0 Å². The van der Waals surface area contributed by atoms with Gasteiger partial charge in [-0.25, -0.2) is 9.59 Å². The molecule has 12 nitrogen and oxygen atoms in total. The monoisotopic (exact) mass is 630 g/mol. The normalized spacial score (nSPS) is 13.4. The first-order valence-corrected chi connectivity index (χ1v) is 15.3. The molecule has 2 aromatic carbocycles. The Balaban J connectivity index is 1.38. The van der Waals surface area contributed by atoms with Gasteiger partial charge in [0.2, 0.25) is 0 Å². The smallest absolute Gasteiger partial charge is 0.412 e. The van der Waals surface area contributed by atoms with E-state index in [2.05, 4.69) is 25.8 Å². The molecular weight excluding hydrogens is 588 g/mol. The number of anilines is 2. The lowest BCUT2D eigenvalue weighted by Gasteiger charge is -2.28. The average molecular weight is 631 g/mol. The molecule has 3 aromatic rings. The van der Waals surface area contributed by atoms with Gasteiger partial charge in [0.25, 0.3) is 5.91 Å². The fourth-order valence-electron chi connectivity index (χ4n) is 4.73. The Morgan fingerprint density at radius 2 is 1.59 bits per heavy atom. The molecule has 0 radical (unpaired) electrons. The molecule has 46 heavy (non-hydrogen) atoms. The van der Waals surface area contributed by atoms with E-state index in [0.29, 0.717) is 36.7 Å². The number of nitrogens with one attached hydrogen (secondary N) is 3. The van der Waals surface area contributed by atoms with Gasteiger partial charge in [0.15, 0.2) is 5.78 Å². The number of aromatic nitrogens is 1. The van der Waals surface area contributed by atoms with Gasteiger partial charge in [0.1, 0.15) is 11.3 Å². The largest absolute Gasteiger partial charge is 0.444 e. The van der Waals surface area contributed by atoms with E-state index in [1.165, 1.54) is 0 Å². The number of hydrogen-bond acceptors (Lipinski definition) is 8. The number of benzene rings is 2. The number of carbonyl (C=O) groups excluding carboxylic acids is 4. The van der Waals surface area contributed by atoms with Crippen LogP contribution in [0.25, 0.3) is 0 Å². The van der Waals surface area contributed by atoms with Crippen LogP contribution in [0.2, 0.25) is 0 Å². The number of para-hydroxylation sites is 2. The van der Waals surface area contributed by atoms with Crippen molar-refractivity contribution in [2.75, 3.05) is 56.6 Å². The lowest BCUT2D eigenvalue weighted by Crippen LogP contribution is -2.43. The van der Waals surface area contributed by atoms with E-state index >= 15 is 0 Å². The number of nitrogens with zero attached hydrogens (tertiary/aromatic N) is 3. The molecule has 0 unspecified atom stereocenters. The first kappa shape index (κ1) is 34.1. The molecule has 4 rings (SSSR count). The number of carbonyl (C=O) groups is 4. The number of Topliss-reactive ketones (excluding diaryl/α,β-unsaturated/α-hetero) is 1. The number of hydrogen-bond donors (Lipinski definition) is 3. The number of ketones is 1. The fourth-order valence-corrected chi connectivity index (χ4v) is 4.73. The predicted octanol–water partition coefficient (Wildman–Crippen LogP) is 4.80. The summed E-state index contributed by atoms with van der Waals surface area (Å²) >= 11 is 0. The molecule has 0 atom stereocenters. The van der Waals surface area contributed by atoms with Crippen LogP contribution in [0, 0.1) is 0 Å². The second-order valence-corrected chi connectivity index (χ2v) is 11.9. The van der Waals surface area contributed by atoms with Gasteiger partial charge in [-0.2, -0.15) is 0 Å². The van der Waals surface area contributed by atoms with Crippen LogP contribution in [0.3, 0.4) is 0 Å². The molecule has 0 spiro atoms. The van der Waals surface area contributed by atoms with E-state index in [4.69, 9.17) is 9.47 Å². The number of rotatable bonds is 12. The quantitative estimate of drug-likeness (QED) is 0.243. The lowest BCUT2D eigenvalue weighted by molar-refractivity contribution is 0.0364. The summed E-state index contributed by atoms with van der Waals surface area (Å²) in [6.45, 7) is 9.80. The molecule has 1 aromatic heterocycles. The molecule has 4 amide bonds. The number of urea groups is 1. The summed E-state index contributed by atoms with van der Waals surface area (Å²) in [6, 6.07) is 18.6. The highest BCUT2D eigenvalue weighted by atomic mass is 16.6. The summed E-state index contributed by atoms with van der Waals surface area (Å²) in [5, 5.41) is 8.20. The van der Waals surface area contributed by atoms with Crippen LogP contribution < -0.4 is 16.0 Å². The Morgan fingerprint density at radius 3 is 2.24 bits per heavy atom. The Kier molecular flexibility index (Phi) is 12.2. The van der Waals surface area contributed by atoms with Crippen molar-refractivity contribution in [1.29, 1.82) is 0 Å². The molecule has 1 aliphatic rings. The summed E-state index contributed by atoms with van der Waals surface area (Å²) in [7, 11) is 0. The Bertz CT molecular complexity index is 1470. The van der Waals surface area contributed by atoms with Crippen LogP contribution in [0.5, 0.6) is 0 Å². The second-order valence-electron chi connectivity index (χ2n) is 11.9. The van der Waals surface area contributed by atoms with E-state index in [0.717, 1.165) is 31.6 Å². The Labute approximate surface area is 269 Å². The van der Waals surface area contributed by atoms with Gasteiger partial charge in [0.05, 0.1) is 31.1 Å². The van der Waals surface area contributed by atoms with Crippen molar-refractivity contribution in [3.63, 3.8) is 0 Å². The van der Waals surface area contributed by atoms with Crippen molar-refractivity contribution in [1.82, 2.24) is 20.1 Å². The highest BCUT2D eigenvalue weighted by Gasteiger charge is 2.20. The standard InChI is InChI=1S/C34H42N6O6/c1-34(2,3)46-33(44)38-28-13-8-7-12-27(28)37-31(42)29-15-14-25(22-35-29)24-40(17-9-16-39-18-20-45-21-19-39)32(43)36-23-30(41)26-10-5-4-6-11-26/h4-8,10-15,22H,9,16-21,23-24H2,1-3H3,(H,36,43)(H,37,42)(H,38,44). The van der Waals surface area contributed by atoms with Crippen molar-refractivity contribution >= 4 is 35.2 Å². The van der Waals surface area contributed by atoms with Gasteiger partial charge in [-0.05, 0) is 51.0 Å². The van der Waals surface area contributed by atoms with Crippen LogP contribution >= 0.6 is 0 Å². The molecular formula is C34H42N6O6. The molecule has 244 valence electrons. The van der Waals surface area contributed by atoms with E-state index in [9.17, 15) is 19.2 Å². The molecule has 0 bridgehead atoms. The molecule has 1 saturated heterocycles. The van der Waals surface area contributed by atoms with Gasteiger partial charge in [-0.15, -0.1) is 0 Å². The van der Waals surface area contributed by atoms with Crippen LogP contribution in [0.15, 0.2) is 72.9 Å². The van der Waals surface area contributed by atoms with Crippen LogP contribution in [0.4, 0.5) is 21.0 Å². The third kappa shape index (κ3) is 11.0. The summed E-state index contributed by atoms with van der Waals surface area (Å²) in [4.78, 5) is 59.4.